The van der Waals surface area contributed by atoms with Crippen molar-refractivity contribution in [2.75, 3.05) is 6.61 Å². The molecule has 0 saturated carbocycles. The fourth-order valence-electron chi connectivity index (χ4n) is 1.10. The molecule has 0 aliphatic heterocycles. The topological polar surface area (TPSA) is 26.3 Å². The van der Waals surface area contributed by atoms with Crippen LogP contribution in [0.2, 0.25) is 0 Å². The summed E-state index contributed by atoms with van der Waals surface area (Å²) in [5.74, 6) is 0.114. The minimum absolute atomic E-state index is 0.114. The number of hydrogen-bond acceptors (Lipinski definition) is 2. The van der Waals surface area contributed by atoms with Crippen LogP contribution in [-0.4, -0.2) is 12.9 Å². The molecule has 0 spiro atoms. The van der Waals surface area contributed by atoms with Crippen LogP contribution in [0.1, 0.15) is 15.9 Å². The van der Waals surface area contributed by atoms with Gasteiger partial charge in [0.2, 0.25) is 0 Å². The van der Waals surface area contributed by atoms with Crippen LogP contribution in [0.4, 0.5) is 13.2 Å². The average Bonchev–Trinajstić information content (AvgIpc) is 2.24. The molecule has 1 aromatic carbocycles. The Hall–Kier alpha value is -1.78. The molecule has 0 radical (unpaired) electrons. The standard InChI is InChI=1S/C11H9F3O2/c1-2-5-16-10-4-3-9(11(12,13)14)6-8(10)7-15/h2-4,6-7H,1,5H2. The van der Waals surface area contributed by atoms with Crippen molar-refractivity contribution in [2.45, 2.75) is 6.18 Å². The Kier molecular flexibility index (Phi) is 3.71. The highest BCUT2D eigenvalue weighted by atomic mass is 19.4. The maximum atomic E-state index is 12.3. The highest BCUT2D eigenvalue weighted by Gasteiger charge is 2.31. The number of carbonyl (C=O) groups is 1. The molecule has 0 aliphatic carbocycles. The highest BCUT2D eigenvalue weighted by molar-refractivity contribution is 5.79. The second-order valence-electron chi connectivity index (χ2n) is 2.97. The van der Waals surface area contributed by atoms with Crippen LogP contribution in [-0.2, 0) is 6.18 Å². The molecular formula is C11H9F3O2. The summed E-state index contributed by atoms with van der Waals surface area (Å²) < 4.78 is 42.0. The van der Waals surface area contributed by atoms with Gasteiger partial charge in [0.05, 0.1) is 11.1 Å². The zero-order chi connectivity index (χ0) is 12.2. The van der Waals surface area contributed by atoms with E-state index >= 15 is 0 Å². The maximum absolute atomic E-state index is 12.3. The number of rotatable bonds is 4. The van der Waals surface area contributed by atoms with E-state index in [0.717, 1.165) is 18.2 Å². The Morgan fingerprint density at radius 1 is 1.38 bits per heavy atom. The van der Waals surface area contributed by atoms with Crippen LogP contribution in [0, 0.1) is 0 Å². The molecule has 0 N–H and O–H groups in total. The summed E-state index contributed by atoms with van der Waals surface area (Å²) >= 11 is 0. The Bertz CT molecular complexity index is 397. The van der Waals surface area contributed by atoms with Crippen LogP contribution >= 0.6 is 0 Å². The van der Waals surface area contributed by atoms with Gasteiger partial charge in [0.25, 0.3) is 0 Å². The first-order chi connectivity index (χ1) is 7.49. The second-order valence-corrected chi connectivity index (χ2v) is 2.97. The molecule has 0 aromatic heterocycles. The SMILES string of the molecule is C=CCOc1ccc(C(F)(F)F)cc1C=O. The van der Waals surface area contributed by atoms with Gasteiger partial charge in [-0.2, -0.15) is 13.2 Å². The van der Waals surface area contributed by atoms with Crippen molar-refractivity contribution < 1.29 is 22.7 Å². The summed E-state index contributed by atoms with van der Waals surface area (Å²) in [7, 11) is 0. The molecule has 5 heteroatoms. The van der Waals surface area contributed by atoms with Crippen molar-refractivity contribution in [3.63, 3.8) is 0 Å². The lowest BCUT2D eigenvalue weighted by Crippen LogP contribution is -2.06. The van der Waals surface area contributed by atoms with E-state index in [2.05, 4.69) is 6.58 Å². The number of hydrogen-bond donors (Lipinski definition) is 0. The largest absolute Gasteiger partial charge is 0.489 e. The van der Waals surface area contributed by atoms with Crippen molar-refractivity contribution in [1.29, 1.82) is 0 Å². The zero-order valence-electron chi connectivity index (χ0n) is 8.25. The third-order valence-corrected chi connectivity index (χ3v) is 1.82. The molecule has 0 saturated heterocycles. The molecule has 0 unspecified atom stereocenters. The van der Waals surface area contributed by atoms with Crippen LogP contribution in [0.15, 0.2) is 30.9 Å². The number of alkyl halides is 3. The Morgan fingerprint density at radius 3 is 2.56 bits per heavy atom. The summed E-state index contributed by atoms with van der Waals surface area (Å²) in [6.07, 6.45) is -2.70. The third kappa shape index (κ3) is 2.85. The van der Waals surface area contributed by atoms with Crippen LogP contribution < -0.4 is 4.74 Å². The van der Waals surface area contributed by atoms with E-state index in [1.54, 1.807) is 0 Å². The lowest BCUT2D eigenvalue weighted by atomic mass is 10.1. The zero-order valence-corrected chi connectivity index (χ0v) is 8.25. The lowest BCUT2D eigenvalue weighted by molar-refractivity contribution is -0.137. The molecule has 1 aromatic rings. The van der Waals surface area contributed by atoms with E-state index in [-0.39, 0.29) is 17.9 Å². The number of ether oxygens (including phenoxy) is 1. The Morgan fingerprint density at radius 2 is 2.06 bits per heavy atom. The van der Waals surface area contributed by atoms with Crippen molar-refractivity contribution in [3.8, 4) is 5.75 Å². The average molecular weight is 230 g/mol. The summed E-state index contributed by atoms with van der Waals surface area (Å²) in [4.78, 5) is 10.6. The molecule has 2 nitrogen and oxygen atoms in total. The molecule has 0 fully saturated rings. The van der Waals surface area contributed by atoms with Gasteiger partial charge in [-0.3, -0.25) is 4.79 Å². The van der Waals surface area contributed by atoms with Crippen molar-refractivity contribution in [3.05, 3.63) is 42.0 Å². The van der Waals surface area contributed by atoms with Gasteiger partial charge in [0, 0.05) is 0 Å². The van der Waals surface area contributed by atoms with E-state index in [1.807, 2.05) is 0 Å². The van der Waals surface area contributed by atoms with Gasteiger partial charge >= 0.3 is 6.18 Å². The van der Waals surface area contributed by atoms with Crippen LogP contribution in [0.25, 0.3) is 0 Å². The molecule has 86 valence electrons. The molecule has 0 atom stereocenters. The molecule has 0 bridgehead atoms. The second kappa shape index (κ2) is 4.83. The van der Waals surface area contributed by atoms with Crippen molar-refractivity contribution in [2.24, 2.45) is 0 Å². The summed E-state index contributed by atoms with van der Waals surface area (Å²) in [5, 5.41) is 0. The van der Waals surface area contributed by atoms with E-state index in [0.29, 0.717) is 6.29 Å². The maximum Gasteiger partial charge on any atom is 0.416 e. The molecule has 0 heterocycles. The number of carbonyl (C=O) groups excluding carboxylic acids is 1. The first kappa shape index (κ1) is 12.3. The quantitative estimate of drug-likeness (QED) is 0.587. The van der Waals surface area contributed by atoms with Gasteiger partial charge < -0.3 is 4.74 Å². The van der Waals surface area contributed by atoms with Gasteiger partial charge in [-0.1, -0.05) is 12.7 Å². The molecule has 1 rings (SSSR count). The third-order valence-electron chi connectivity index (χ3n) is 1.82. The molecule has 16 heavy (non-hydrogen) atoms. The number of benzene rings is 1. The smallest absolute Gasteiger partial charge is 0.416 e. The first-order valence-electron chi connectivity index (χ1n) is 4.39. The van der Waals surface area contributed by atoms with Gasteiger partial charge in [0.1, 0.15) is 12.4 Å². The number of aldehydes is 1. The monoisotopic (exact) mass is 230 g/mol. The molecule has 0 aliphatic rings. The lowest BCUT2D eigenvalue weighted by Gasteiger charge is -2.10. The highest BCUT2D eigenvalue weighted by Crippen LogP contribution is 2.31. The van der Waals surface area contributed by atoms with Gasteiger partial charge in [0.15, 0.2) is 6.29 Å². The van der Waals surface area contributed by atoms with Crippen LogP contribution in [0.3, 0.4) is 0 Å². The summed E-state index contributed by atoms with van der Waals surface area (Å²) in [5.41, 5.74) is -1.00. The van der Waals surface area contributed by atoms with E-state index in [1.165, 1.54) is 6.08 Å². The van der Waals surface area contributed by atoms with Gasteiger partial charge in [-0.15, -0.1) is 0 Å². The van der Waals surface area contributed by atoms with Gasteiger partial charge in [-0.05, 0) is 18.2 Å². The number of halogens is 3. The molecular weight excluding hydrogens is 221 g/mol. The first-order valence-corrected chi connectivity index (χ1v) is 4.39. The molecule has 0 amide bonds. The van der Waals surface area contributed by atoms with Crippen LogP contribution in [0.5, 0.6) is 5.75 Å². The van der Waals surface area contributed by atoms with E-state index in [4.69, 9.17) is 4.74 Å². The summed E-state index contributed by atoms with van der Waals surface area (Å²) in [6.45, 7) is 3.53. The summed E-state index contributed by atoms with van der Waals surface area (Å²) in [6, 6.07) is 2.74. The van der Waals surface area contributed by atoms with Crippen molar-refractivity contribution in [1.82, 2.24) is 0 Å². The minimum Gasteiger partial charge on any atom is -0.489 e. The van der Waals surface area contributed by atoms with Gasteiger partial charge in [-0.25, -0.2) is 0 Å². The van der Waals surface area contributed by atoms with E-state index < -0.39 is 11.7 Å². The minimum atomic E-state index is -4.46. The fourth-order valence-corrected chi connectivity index (χ4v) is 1.10. The van der Waals surface area contributed by atoms with Crippen molar-refractivity contribution >= 4 is 6.29 Å². The normalized spacial score (nSPS) is 10.9. The predicted octanol–water partition coefficient (Wildman–Crippen LogP) is 3.08. The fraction of sp³-hybridized carbons (Fsp3) is 0.182. The Balaban J connectivity index is 3.06. The Labute approximate surface area is 90.3 Å². The predicted molar refractivity (Wildman–Crippen MR) is 52.5 cm³/mol. The van der Waals surface area contributed by atoms with E-state index in [9.17, 15) is 18.0 Å².